The number of aromatic hydroxyl groups is 1. The number of nitriles is 1. The van der Waals surface area contributed by atoms with Crippen molar-refractivity contribution in [2.24, 2.45) is 0 Å². The highest BCUT2D eigenvalue weighted by Crippen LogP contribution is 2.22. The number of carbonyl (C=O) groups is 1. The Morgan fingerprint density at radius 3 is 2.67 bits per heavy atom. The lowest BCUT2D eigenvalue weighted by molar-refractivity contribution is 0.0636. The molecule has 0 heterocycles. The van der Waals surface area contributed by atoms with E-state index in [4.69, 9.17) is 10.00 Å². The molecule has 1 rings (SSSR count). The molecule has 0 radical (unpaired) electrons. The van der Waals surface area contributed by atoms with E-state index in [9.17, 15) is 9.90 Å². The Balaban J connectivity index is 2.72. The summed E-state index contributed by atoms with van der Waals surface area (Å²) < 4.78 is 5.08. The second-order valence-corrected chi connectivity index (χ2v) is 4.81. The van der Waals surface area contributed by atoms with Crippen LogP contribution in [0.4, 0.5) is 10.5 Å². The van der Waals surface area contributed by atoms with Gasteiger partial charge in [-0.05, 0) is 26.8 Å². The number of nitrogens with zero attached hydrogens (tertiary/aromatic N) is 1. The lowest BCUT2D eigenvalue weighted by Gasteiger charge is -2.19. The van der Waals surface area contributed by atoms with Crippen molar-refractivity contribution in [2.75, 3.05) is 5.32 Å². The molecule has 1 aromatic carbocycles. The van der Waals surface area contributed by atoms with Gasteiger partial charge in [-0.25, -0.2) is 4.79 Å². The Morgan fingerprint density at radius 2 is 2.17 bits per heavy atom. The highest BCUT2D eigenvalue weighted by molar-refractivity contribution is 5.85. The summed E-state index contributed by atoms with van der Waals surface area (Å²) in [6, 6.07) is 6.53. The van der Waals surface area contributed by atoms with Gasteiger partial charge in [-0.15, -0.1) is 0 Å². The van der Waals surface area contributed by atoms with E-state index in [0.29, 0.717) is 11.3 Å². The van der Waals surface area contributed by atoms with Crippen LogP contribution in [-0.2, 0) is 11.2 Å². The van der Waals surface area contributed by atoms with Crippen molar-refractivity contribution >= 4 is 11.8 Å². The number of carbonyl (C=O) groups excluding carboxylic acids is 1. The predicted molar refractivity (Wildman–Crippen MR) is 67.3 cm³/mol. The molecule has 5 nitrogen and oxygen atoms in total. The molecule has 0 unspecified atom stereocenters. The fourth-order valence-electron chi connectivity index (χ4n) is 1.30. The van der Waals surface area contributed by atoms with E-state index in [1.807, 2.05) is 6.07 Å². The van der Waals surface area contributed by atoms with Crippen molar-refractivity contribution in [2.45, 2.75) is 32.8 Å². The fraction of sp³-hybridized carbons (Fsp3) is 0.385. The first-order valence-corrected chi connectivity index (χ1v) is 5.50. The molecule has 0 fully saturated rings. The monoisotopic (exact) mass is 248 g/mol. The molecular weight excluding hydrogens is 232 g/mol. The van der Waals surface area contributed by atoms with Crippen molar-refractivity contribution in [3.8, 4) is 11.8 Å². The van der Waals surface area contributed by atoms with Gasteiger partial charge in [0.25, 0.3) is 0 Å². The molecular formula is C13H16N2O3. The van der Waals surface area contributed by atoms with Crippen molar-refractivity contribution in [1.82, 2.24) is 0 Å². The van der Waals surface area contributed by atoms with Gasteiger partial charge in [-0.3, -0.25) is 5.32 Å². The first-order valence-electron chi connectivity index (χ1n) is 5.50. The third-order valence-electron chi connectivity index (χ3n) is 2.00. The molecule has 2 N–H and O–H groups in total. The lowest BCUT2D eigenvalue weighted by atomic mass is 10.1. The summed E-state index contributed by atoms with van der Waals surface area (Å²) in [6.07, 6.45) is -0.464. The maximum atomic E-state index is 11.5. The van der Waals surface area contributed by atoms with Crippen molar-refractivity contribution < 1.29 is 14.6 Å². The smallest absolute Gasteiger partial charge is 0.412 e. The molecule has 96 valence electrons. The van der Waals surface area contributed by atoms with E-state index in [0.717, 1.165) is 0 Å². The lowest BCUT2D eigenvalue weighted by Crippen LogP contribution is -2.27. The van der Waals surface area contributed by atoms with Crippen LogP contribution in [0, 0.1) is 11.3 Å². The van der Waals surface area contributed by atoms with E-state index in [2.05, 4.69) is 5.32 Å². The standard InChI is InChI=1S/C13H16N2O3/c1-13(2,3)18-12(17)15-10-5-4-9(6-7-14)11(16)8-10/h4-5,8,16H,6H2,1-3H3,(H,15,17). The van der Waals surface area contributed by atoms with E-state index in [1.54, 1.807) is 32.9 Å². The normalized spacial score (nSPS) is 10.6. The molecule has 0 saturated heterocycles. The number of ether oxygens (including phenoxy) is 1. The summed E-state index contributed by atoms with van der Waals surface area (Å²) >= 11 is 0. The van der Waals surface area contributed by atoms with E-state index < -0.39 is 11.7 Å². The van der Waals surface area contributed by atoms with Gasteiger partial charge in [0, 0.05) is 17.3 Å². The average Bonchev–Trinajstić information content (AvgIpc) is 2.19. The van der Waals surface area contributed by atoms with Crippen LogP contribution in [0.1, 0.15) is 26.3 Å². The van der Waals surface area contributed by atoms with Crippen LogP contribution in [0.2, 0.25) is 0 Å². The molecule has 0 atom stereocenters. The number of amides is 1. The summed E-state index contributed by atoms with van der Waals surface area (Å²) in [5, 5.41) is 20.7. The Kier molecular flexibility index (Phi) is 4.16. The summed E-state index contributed by atoms with van der Waals surface area (Å²) in [6.45, 7) is 5.29. The predicted octanol–water partition coefficient (Wildman–Crippen LogP) is 2.81. The zero-order chi connectivity index (χ0) is 13.8. The molecule has 18 heavy (non-hydrogen) atoms. The third kappa shape index (κ3) is 4.34. The zero-order valence-corrected chi connectivity index (χ0v) is 10.7. The molecule has 0 aliphatic rings. The Bertz CT molecular complexity index is 484. The average molecular weight is 248 g/mol. The summed E-state index contributed by atoms with van der Waals surface area (Å²) in [5.74, 6) is -0.0230. The first-order chi connectivity index (χ1) is 8.31. The van der Waals surface area contributed by atoms with Crippen LogP contribution in [0.5, 0.6) is 5.75 Å². The Labute approximate surface area is 106 Å². The maximum absolute atomic E-state index is 11.5. The van der Waals surface area contributed by atoms with Gasteiger partial charge in [0.05, 0.1) is 12.5 Å². The van der Waals surface area contributed by atoms with E-state index in [1.165, 1.54) is 6.07 Å². The van der Waals surface area contributed by atoms with Crippen molar-refractivity contribution in [3.63, 3.8) is 0 Å². The molecule has 0 aromatic heterocycles. The largest absolute Gasteiger partial charge is 0.508 e. The highest BCUT2D eigenvalue weighted by atomic mass is 16.6. The van der Waals surface area contributed by atoms with Gasteiger partial charge in [0.15, 0.2) is 0 Å². The van der Waals surface area contributed by atoms with Crippen LogP contribution in [0.15, 0.2) is 18.2 Å². The fourth-order valence-corrected chi connectivity index (χ4v) is 1.30. The maximum Gasteiger partial charge on any atom is 0.412 e. The number of anilines is 1. The number of nitrogens with one attached hydrogen (secondary N) is 1. The van der Waals surface area contributed by atoms with E-state index >= 15 is 0 Å². The topological polar surface area (TPSA) is 82.3 Å². The van der Waals surface area contributed by atoms with Crippen LogP contribution in [0.25, 0.3) is 0 Å². The van der Waals surface area contributed by atoms with Crippen LogP contribution < -0.4 is 5.32 Å². The minimum Gasteiger partial charge on any atom is -0.508 e. The molecule has 1 amide bonds. The first kappa shape index (κ1) is 13.8. The van der Waals surface area contributed by atoms with Crippen molar-refractivity contribution in [1.29, 1.82) is 5.26 Å². The SMILES string of the molecule is CC(C)(C)OC(=O)Nc1ccc(CC#N)c(O)c1. The summed E-state index contributed by atoms with van der Waals surface area (Å²) in [7, 11) is 0. The van der Waals surface area contributed by atoms with Crippen molar-refractivity contribution in [3.05, 3.63) is 23.8 Å². The van der Waals surface area contributed by atoms with Gasteiger partial charge in [-0.2, -0.15) is 5.26 Å². The van der Waals surface area contributed by atoms with Gasteiger partial charge in [0.1, 0.15) is 11.4 Å². The number of phenols is 1. The van der Waals surface area contributed by atoms with Crippen LogP contribution in [0.3, 0.4) is 0 Å². The number of benzene rings is 1. The van der Waals surface area contributed by atoms with Crippen LogP contribution >= 0.6 is 0 Å². The zero-order valence-electron chi connectivity index (χ0n) is 10.7. The minimum atomic E-state index is -0.588. The quantitative estimate of drug-likeness (QED) is 0.843. The molecule has 0 bridgehead atoms. The minimum absolute atomic E-state index is 0.0230. The van der Waals surface area contributed by atoms with Crippen LogP contribution in [-0.4, -0.2) is 16.8 Å². The number of hydrogen-bond donors (Lipinski definition) is 2. The van der Waals surface area contributed by atoms with E-state index in [-0.39, 0.29) is 12.2 Å². The van der Waals surface area contributed by atoms with Gasteiger partial charge in [-0.1, -0.05) is 6.07 Å². The number of phenolic OH excluding ortho intramolecular Hbond substituents is 1. The van der Waals surface area contributed by atoms with Gasteiger partial charge in [0.2, 0.25) is 0 Å². The molecule has 1 aromatic rings. The number of hydrogen-bond acceptors (Lipinski definition) is 4. The molecule has 0 spiro atoms. The number of rotatable bonds is 2. The molecule has 5 heteroatoms. The Hall–Kier alpha value is -2.22. The van der Waals surface area contributed by atoms with Gasteiger partial charge >= 0.3 is 6.09 Å². The third-order valence-corrected chi connectivity index (χ3v) is 2.00. The molecule has 0 aliphatic heterocycles. The molecule has 0 saturated carbocycles. The second kappa shape index (κ2) is 5.41. The molecule has 0 aliphatic carbocycles. The summed E-state index contributed by atoms with van der Waals surface area (Å²) in [5.41, 5.74) is 0.364. The Morgan fingerprint density at radius 1 is 1.50 bits per heavy atom. The highest BCUT2D eigenvalue weighted by Gasteiger charge is 2.16. The second-order valence-electron chi connectivity index (χ2n) is 4.81. The van der Waals surface area contributed by atoms with Gasteiger partial charge < -0.3 is 9.84 Å². The summed E-state index contributed by atoms with van der Waals surface area (Å²) in [4.78, 5) is 11.5.